The van der Waals surface area contributed by atoms with Crippen LogP contribution in [0.15, 0.2) is 133 Å². The molecule has 0 saturated carbocycles. The number of hydrogen-bond donors (Lipinski definition) is 0. The van der Waals surface area contributed by atoms with E-state index in [2.05, 4.69) is 60.7 Å². The van der Waals surface area contributed by atoms with Crippen molar-refractivity contribution in [3.63, 3.8) is 0 Å². The van der Waals surface area contributed by atoms with E-state index in [9.17, 15) is 0 Å². The third-order valence-electron chi connectivity index (χ3n) is 6.97. The summed E-state index contributed by atoms with van der Waals surface area (Å²) in [7, 11) is 0. The fourth-order valence-electron chi connectivity index (χ4n) is 5.14. The molecule has 0 aliphatic carbocycles. The number of aromatic nitrogens is 3. The summed E-state index contributed by atoms with van der Waals surface area (Å²) in [4.78, 5) is 14.7. The fourth-order valence-corrected chi connectivity index (χ4v) is 5.47. The van der Waals surface area contributed by atoms with Crippen LogP contribution in [0.25, 0.3) is 66.8 Å². The molecule has 0 bridgehead atoms. The van der Waals surface area contributed by atoms with Gasteiger partial charge >= 0.3 is 0 Å². The third-order valence-corrected chi connectivity index (χ3v) is 7.38. The molecule has 0 saturated heterocycles. The number of benzene rings is 6. The van der Waals surface area contributed by atoms with Crippen LogP contribution < -0.4 is 0 Å². The second kappa shape index (κ2) is 9.79. The van der Waals surface area contributed by atoms with Gasteiger partial charge in [0.05, 0.1) is 5.02 Å². The lowest BCUT2D eigenvalue weighted by molar-refractivity contribution is 1.07. The summed E-state index contributed by atoms with van der Waals surface area (Å²) in [5.74, 6) is 1.92. The van der Waals surface area contributed by atoms with Gasteiger partial charge in [-0.15, -0.1) is 0 Å². The van der Waals surface area contributed by atoms with Crippen molar-refractivity contribution in [1.29, 1.82) is 0 Å². The van der Waals surface area contributed by atoms with Crippen LogP contribution in [0.5, 0.6) is 0 Å². The molecule has 39 heavy (non-hydrogen) atoms. The zero-order chi connectivity index (χ0) is 26.2. The molecule has 0 fully saturated rings. The lowest BCUT2D eigenvalue weighted by atomic mass is 9.91. The van der Waals surface area contributed by atoms with Crippen LogP contribution in [0.4, 0.5) is 0 Å². The van der Waals surface area contributed by atoms with Crippen molar-refractivity contribution < 1.29 is 0 Å². The van der Waals surface area contributed by atoms with Crippen molar-refractivity contribution in [2.24, 2.45) is 0 Å². The van der Waals surface area contributed by atoms with Gasteiger partial charge in [0.15, 0.2) is 17.5 Å². The van der Waals surface area contributed by atoms with Crippen molar-refractivity contribution in [3.05, 3.63) is 138 Å². The van der Waals surface area contributed by atoms with Crippen molar-refractivity contribution in [1.82, 2.24) is 15.0 Å². The quantitative estimate of drug-likeness (QED) is 0.217. The highest BCUT2D eigenvalue weighted by molar-refractivity contribution is 6.42. The average molecular weight is 520 g/mol. The number of nitrogens with zero attached hydrogens (tertiary/aromatic N) is 3. The molecule has 0 aliphatic heterocycles. The van der Waals surface area contributed by atoms with Gasteiger partial charge in [0.2, 0.25) is 0 Å². The molecule has 7 rings (SSSR count). The first kappa shape index (κ1) is 23.3. The van der Waals surface area contributed by atoms with Crippen molar-refractivity contribution in [2.45, 2.75) is 0 Å². The normalized spacial score (nSPS) is 11.2. The molecule has 0 atom stereocenters. The van der Waals surface area contributed by atoms with E-state index in [0.29, 0.717) is 17.5 Å². The molecule has 184 valence electrons. The second-order valence-electron chi connectivity index (χ2n) is 9.40. The predicted molar refractivity (Wildman–Crippen MR) is 162 cm³/mol. The zero-order valence-corrected chi connectivity index (χ0v) is 21.7. The van der Waals surface area contributed by atoms with Crippen molar-refractivity contribution >= 4 is 33.1 Å². The summed E-state index contributed by atoms with van der Waals surface area (Å²) in [5, 5.41) is 5.08. The van der Waals surface area contributed by atoms with E-state index in [-0.39, 0.29) is 0 Å². The Kier molecular flexibility index (Phi) is 5.84. The Balaban J connectivity index is 1.46. The maximum Gasteiger partial charge on any atom is 0.164 e. The Morgan fingerprint density at radius 1 is 0.359 bits per heavy atom. The molecule has 6 aromatic carbocycles. The largest absolute Gasteiger partial charge is 0.208 e. The van der Waals surface area contributed by atoms with Gasteiger partial charge < -0.3 is 0 Å². The van der Waals surface area contributed by atoms with E-state index in [0.717, 1.165) is 54.4 Å². The third kappa shape index (κ3) is 4.23. The van der Waals surface area contributed by atoms with Gasteiger partial charge in [-0.3, -0.25) is 0 Å². The van der Waals surface area contributed by atoms with E-state index in [1.807, 2.05) is 72.8 Å². The lowest BCUT2D eigenvalue weighted by Gasteiger charge is -2.15. The Morgan fingerprint density at radius 2 is 0.744 bits per heavy atom. The Hall–Kier alpha value is -4.86. The van der Waals surface area contributed by atoms with Gasteiger partial charge in [0, 0.05) is 27.5 Å². The predicted octanol–water partition coefficient (Wildman–Crippen LogP) is 9.50. The van der Waals surface area contributed by atoms with E-state index in [4.69, 9.17) is 26.6 Å². The summed E-state index contributed by atoms with van der Waals surface area (Å²) >= 11 is 6.89. The van der Waals surface area contributed by atoms with Crippen molar-refractivity contribution in [3.8, 4) is 45.3 Å². The first-order valence-electron chi connectivity index (χ1n) is 12.8. The zero-order valence-electron chi connectivity index (χ0n) is 20.9. The molecule has 0 aliphatic rings. The van der Waals surface area contributed by atoms with Gasteiger partial charge in [0.25, 0.3) is 0 Å². The first-order chi connectivity index (χ1) is 19.3. The smallest absolute Gasteiger partial charge is 0.164 e. The molecule has 0 amide bonds. The van der Waals surface area contributed by atoms with E-state index in [1.165, 1.54) is 0 Å². The van der Waals surface area contributed by atoms with Crippen LogP contribution >= 0.6 is 11.6 Å². The summed E-state index contributed by atoms with van der Waals surface area (Å²) in [5.41, 5.74) is 5.05. The van der Waals surface area contributed by atoms with E-state index >= 15 is 0 Å². The summed E-state index contributed by atoms with van der Waals surface area (Å²) in [6, 6.07) is 45.1. The Bertz CT molecular complexity index is 1850. The number of halogens is 1. The van der Waals surface area contributed by atoms with Crippen LogP contribution in [0.1, 0.15) is 0 Å². The minimum Gasteiger partial charge on any atom is -0.208 e. The summed E-state index contributed by atoms with van der Waals surface area (Å²) < 4.78 is 0. The van der Waals surface area contributed by atoms with Gasteiger partial charge in [-0.1, -0.05) is 139 Å². The molecule has 4 heteroatoms. The maximum atomic E-state index is 6.89. The topological polar surface area (TPSA) is 38.7 Å². The van der Waals surface area contributed by atoms with Crippen LogP contribution in [0.2, 0.25) is 5.02 Å². The van der Waals surface area contributed by atoms with Crippen LogP contribution in [-0.4, -0.2) is 15.0 Å². The molecule has 0 unspecified atom stereocenters. The highest BCUT2D eigenvalue weighted by atomic mass is 35.5. The Morgan fingerprint density at radius 3 is 1.26 bits per heavy atom. The van der Waals surface area contributed by atoms with Crippen molar-refractivity contribution in [2.75, 3.05) is 0 Å². The van der Waals surface area contributed by atoms with E-state index in [1.54, 1.807) is 0 Å². The fraction of sp³-hybridized carbons (Fsp3) is 0. The summed E-state index contributed by atoms with van der Waals surface area (Å²) in [6.45, 7) is 0. The molecule has 0 radical (unpaired) electrons. The highest BCUT2D eigenvalue weighted by Gasteiger charge is 2.16. The number of hydrogen-bond acceptors (Lipinski definition) is 3. The SMILES string of the molecule is Clc1c2ccccc2c(-c2cccc(-c3nc(-c4ccccc4)nc(-c4ccccc4)n3)c2)c2ccccc12. The monoisotopic (exact) mass is 519 g/mol. The highest BCUT2D eigenvalue weighted by Crippen LogP contribution is 2.42. The average Bonchev–Trinajstić information content (AvgIpc) is 3.02. The standard InChI is InChI=1S/C35H22ClN3/c36-32-29-20-9-7-18-27(29)31(28-19-8-10-21-30(28)32)25-16-11-17-26(22-25)35-38-33(23-12-3-1-4-13-23)37-34(39-35)24-14-5-2-6-15-24/h1-22H. The number of rotatable bonds is 4. The molecular weight excluding hydrogens is 498 g/mol. The molecule has 1 heterocycles. The molecular formula is C35H22ClN3. The minimum absolute atomic E-state index is 0.632. The van der Waals surface area contributed by atoms with Gasteiger partial charge in [-0.05, 0) is 28.0 Å². The van der Waals surface area contributed by atoms with Gasteiger partial charge in [-0.2, -0.15) is 0 Å². The van der Waals surface area contributed by atoms with Crippen LogP contribution in [0.3, 0.4) is 0 Å². The second-order valence-corrected chi connectivity index (χ2v) is 9.78. The van der Waals surface area contributed by atoms with Gasteiger partial charge in [0.1, 0.15) is 0 Å². The maximum absolute atomic E-state index is 6.89. The van der Waals surface area contributed by atoms with Crippen LogP contribution in [0, 0.1) is 0 Å². The molecule has 7 aromatic rings. The molecule has 3 nitrogen and oxygen atoms in total. The lowest BCUT2D eigenvalue weighted by Crippen LogP contribution is -2.00. The summed E-state index contributed by atoms with van der Waals surface area (Å²) in [6.07, 6.45) is 0. The molecule has 1 aromatic heterocycles. The first-order valence-corrected chi connectivity index (χ1v) is 13.2. The number of fused-ring (bicyclic) bond motifs is 2. The van der Waals surface area contributed by atoms with Gasteiger partial charge in [-0.25, -0.2) is 15.0 Å². The minimum atomic E-state index is 0.632. The molecule has 0 N–H and O–H groups in total. The molecule has 0 spiro atoms. The van der Waals surface area contributed by atoms with Crippen LogP contribution in [-0.2, 0) is 0 Å². The van der Waals surface area contributed by atoms with E-state index < -0.39 is 0 Å². The Labute approximate surface area is 231 Å².